The summed E-state index contributed by atoms with van der Waals surface area (Å²) in [5, 5.41) is 11.3. The number of rotatable bonds is 7. The van der Waals surface area contributed by atoms with Crippen molar-refractivity contribution in [3.63, 3.8) is 0 Å². The lowest BCUT2D eigenvalue weighted by Gasteiger charge is -2.17. The van der Waals surface area contributed by atoms with Crippen LogP contribution < -0.4 is 5.48 Å². The lowest BCUT2D eigenvalue weighted by Crippen LogP contribution is -2.30. The van der Waals surface area contributed by atoms with E-state index in [1.54, 1.807) is 20.8 Å². The van der Waals surface area contributed by atoms with Gasteiger partial charge in [0.1, 0.15) is 5.60 Å². The second-order valence-electron chi connectivity index (χ2n) is 4.38. The summed E-state index contributed by atoms with van der Waals surface area (Å²) in [5.41, 5.74) is 8.70. The van der Waals surface area contributed by atoms with Crippen LogP contribution in [-0.2, 0) is 14.2 Å². The van der Waals surface area contributed by atoms with Gasteiger partial charge in [0.2, 0.25) is 0 Å². The largest absolute Gasteiger partial charge is 0.442 e. The van der Waals surface area contributed by atoms with E-state index >= 15 is 0 Å². The molecular formula is C11H24N4O5. The standard InChI is InChI=1S/C6H13N3O2.C5H11NO3/c1-2-10-5-6-11-4-3-8-9-7;1-5(2,3)9-4(7)6-8/h2-6H2,1H3;8H,1-3H3,(H,6,7). The highest BCUT2D eigenvalue weighted by Gasteiger charge is 2.14. The fourth-order valence-electron chi connectivity index (χ4n) is 0.815. The van der Waals surface area contributed by atoms with E-state index in [4.69, 9.17) is 20.2 Å². The average Bonchev–Trinajstić information content (AvgIpc) is 2.36. The van der Waals surface area contributed by atoms with E-state index in [1.807, 2.05) is 6.92 Å². The van der Waals surface area contributed by atoms with Gasteiger partial charge < -0.3 is 14.2 Å². The van der Waals surface area contributed by atoms with Crippen LogP contribution in [0.25, 0.3) is 10.4 Å². The van der Waals surface area contributed by atoms with Gasteiger partial charge in [0, 0.05) is 18.1 Å². The molecule has 20 heavy (non-hydrogen) atoms. The van der Waals surface area contributed by atoms with Crippen molar-refractivity contribution in [3.05, 3.63) is 10.4 Å². The molecule has 0 aliphatic heterocycles. The van der Waals surface area contributed by atoms with E-state index < -0.39 is 11.7 Å². The van der Waals surface area contributed by atoms with Crippen molar-refractivity contribution in [3.8, 4) is 0 Å². The smallest absolute Gasteiger partial charge is 0.431 e. The van der Waals surface area contributed by atoms with Crippen molar-refractivity contribution in [1.82, 2.24) is 5.48 Å². The molecule has 0 bridgehead atoms. The minimum Gasteiger partial charge on any atom is -0.442 e. The third kappa shape index (κ3) is 21.7. The molecule has 9 heteroatoms. The van der Waals surface area contributed by atoms with Gasteiger partial charge in [-0.15, -0.1) is 0 Å². The zero-order valence-electron chi connectivity index (χ0n) is 12.5. The van der Waals surface area contributed by atoms with E-state index in [9.17, 15) is 4.79 Å². The number of amides is 1. The SMILES string of the molecule is CC(C)(C)OC(=O)NO.CCOCCOCCN=[N+]=[N-]. The van der Waals surface area contributed by atoms with E-state index in [0.717, 1.165) is 0 Å². The van der Waals surface area contributed by atoms with Crippen LogP contribution >= 0.6 is 0 Å². The molecule has 0 atom stereocenters. The molecule has 118 valence electrons. The summed E-state index contributed by atoms with van der Waals surface area (Å²) in [5.74, 6) is 0. The molecule has 9 nitrogen and oxygen atoms in total. The number of carbonyl (C=O) groups is 1. The predicted octanol–water partition coefficient (Wildman–Crippen LogP) is 2.25. The number of hydrogen-bond donors (Lipinski definition) is 2. The van der Waals surface area contributed by atoms with Crippen molar-refractivity contribution < 1.29 is 24.2 Å². The molecular weight excluding hydrogens is 268 g/mol. The third-order valence-corrected chi connectivity index (χ3v) is 1.47. The van der Waals surface area contributed by atoms with E-state index in [1.165, 1.54) is 5.48 Å². The fraction of sp³-hybridized carbons (Fsp3) is 0.909. The molecule has 0 aromatic carbocycles. The average molecular weight is 292 g/mol. The Balaban J connectivity index is 0. The van der Waals surface area contributed by atoms with Gasteiger partial charge in [-0.2, -0.15) is 0 Å². The Hall–Kier alpha value is -1.54. The Bertz CT molecular complexity index is 287. The lowest BCUT2D eigenvalue weighted by atomic mass is 10.2. The van der Waals surface area contributed by atoms with Crippen LogP contribution in [0.1, 0.15) is 27.7 Å². The minimum atomic E-state index is -0.831. The van der Waals surface area contributed by atoms with Crippen molar-refractivity contribution in [2.75, 3.05) is 33.0 Å². The molecule has 0 spiro atoms. The Kier molecular flexibility index (Phi) is 14.4. The van der Waals surface area contributed by atoms with E-state index in [2.05, 4.69) is 14.8 Å². The normalized spacial score (nSPS) is 9.85. The van der Waals surface area contributed by atoms with Crippen LogP contribution in [0.15, 0.2) is 5.11 Å². The van der Waals surface area contributed by atoms with Crippen LogP contribution in [0.3, 0.4) is 0 Å². The first-order valence-corrected chi connectivity index (χ1v) is 6.16. The summed E-state index contributed by atoms with van der Waals surface area (Å²) < 4.78 is 14.6. The summed E-state index contributed by atoms with van der Waals surface area (Å²) >= 11 is 0. The van der Waals surface area contributed by atoms with Crippen LogP contribution in [0, 0.1) is 0 Å². The Morgan fingerprint density at radius 3 is 2.30 bits per heavy atom. The van der Waals surface area contributed by atoms with Gasteiger partial charge in [-0.3, -0.25) is 5.21 Å². The second-order valence-corrected chi connectivity index (χ2v) is 4.38. The summed E-state index contributed by atoms with van der Waals surface area (Å²) in [6.07, 6.45) is -0.831. The Morgan fingerprint density at radius 2 is 1.90 bits per heavy atom. The maximum Gasteiger partial charge on any atom is 0.431 e. The number of hydroxylamine groups is 1. The fourth-order valence-corrected chi connectivity index (χ4v) is 0.815. The number of nitrogens with one attached hydrogen (secondary N) is 1. The molecule has 0 aromatic heterocycles. The molecule has 0 unspecified atom stereocenters. The molecule has 0 fully saturated rings. The highest BCUT2D eigenvalue weighted by Crippen LogP contribution is 2.05. The highest BCUT2D eigenvalue weighted by atomic mass is 16.6. The maximum atomic E-state index is 10.2. The number of nitrogens with zero attached hydrogens (tertiary/aromatic N) is 3. The van der Waals surface area contributed by atoms with Crippen molar-refractivity contribution in [2.24, 2.45) is 5.11 Å². The van der Waals surface area contributed by atoms with Gasteiger partial charge in [0.25, 0.3) is 0 Å². The van der Waals surface area contributed by atoms with E-state index in [-0.39, 0.29) is 0 Å². The first-order chi connectivity index (χ1) is 9.37. The molecule has 0 aliphatic rings. The number of azide groups is 1. The second kappa shape index (κ2) is 13.9. The first kappa shape index (κ1) is 20.8. The maximum absolute atomic E-state index is 10.2. The number of ether oxygens (including phenoxy) is 3. The zero-order valence-corrected chi connectivity index (χ0v) is 12.5. The molecule has 0 radical (unpaired) electrons. The summed E-state index contributed by atoms with van der Waals surface area (Å²) in [6.45, 7) is 9.80. The molecule has 0 aliphatic carbocycles. The zero-order chi connectivity index (χ0) is 15.9. The van der Waals surface area contributed by atoms with Crippen LogP contribution in [-0.4, -0.2) is 49.9 Å². The van der Waals surface area contributed by atoms with Gasteiger partial charge in [-0.25, -0.2) is 10.3 Å². The van der Waals surface area contributed by atoms with Crippen molar-refractivity contribution in [1.29, 1.82) is 0 Å². The quantitative estimate of drug-likeness (QED) is 0.186. The van der Waals surface area contributed by atoms with Gasteiger partial charge in [0.15, 0.2) is 0 Å². The molecule has 0 rings (SSSR count). The summed E-state index contributed by atoms with van der Waals surface area (Å²) in [4.78, 5) is 12.8. The van der Waals surface area contributed by atoms with Gasteiger partial charge in [-0.05, 0) is 33.2 Å². The highest BCUT2D eigenvalue weighted by molar-refractivity contribution is 5.65. The predicted molar refractivity (Wildman–Crippen MR) is 72.5 cm³/mol. The lowest BCUT2D eigenvalue weighted by molar-refractivity contribution is 0.0229. The summed E-state index contributed by atoms with van der Waals surface area (Å²) in [7, 11) is 0. The Labute approximate surface area is 118 Å². The van der Waals surface area contributed by atoms with Crippen molar-refractivity contribution in [2.45, 2.75) is 33.3 Å². The molecule has 2 N–H and O–H groups in total. The van der Waals surface area contributed by atoms with Crippen LogP contribution in [0.4, 0.5) is 4.79 Å². The molecule has 1 amide bonds. The number of carbonyl (C=O) groups excluding carboxylic acids is 1. The van der Waals surface area contributed by atoms with Crippen molar-refractivity contribution >= 4 is 6.09 Å². The van der Waals surface area contributed by atoms with Crippen LogP contribution in [0.2, 0.25) is 0 Å². The third-order valence-electron chi connectivity index (χ3n) is 1.47. The first-order valence-electron chi connectivity index (χ1n) is 6.16. The van der Waals surface area contributed by atoms with Gasteiger partial charge >= 0.3 is 6.09 Å². The molecule has 0 saturated carbocycles. The summed E-state index contributed by atoms with van der Waals surface area (Å²) in [6, 6.07) is 0. The molecule has 0 heterocycles. The molecule has 0 saturated heterocycles. The minimum absolute atomic E-state index is 0.391. The van der Waals surface area contributed by atoms with Gasteiger partial charge in [-0.1, -0.05) is 5.11 Å². The van der Waals surface area contributed by atoms with Gasteiger partial charge in [0.05, 0.1) is 19.8 Å². The Morgan fingerprint density at radius 1 is 1.30 bits per heavy atom. The number of hydrogen-bond acceptors (Lipinski definition) is 6. The topological polar surface area (TPSA) is 126 Å². The molecule has 0 aromatic rings. The van der Waals surface area contributed by atoms with E-state index in [0.29, 0.717) is 33.0 Å². The van der Waals surface area contributed by atoms with Crippen LogP contribution in [0.5, 0.6) is 0 Å². The monoisotopic (exact) mass is 292 g/mol.